The molecule has 15 heavy (non-hydrogen) atoms. The average Bonchev–Trinajstić information content (AvgIpc) is 2.61. The summed E-state index contributed by atoms with van der Waals surface area (Å²) in [6.45, 7) is 4.00. The van der Waals surface area contributed by atoms with Gasteiger partial charge >= 0.3 is 0 Å². The molecule has 1 fully saturated rings. The Hall–Kier alpha value is -1.00. The van der Waals surface area contributed by atoms with Gasteiger partial charge in [0, 0.05) is 24.7 Å². The minimum Gasteiger partial charge on any atom is -0.425 e. The predicted octanol–water partition coefficient (Wildman–Crippen LogP) is 3.10. The van der Waals surface area contributed by atoms with Gasteiger partial charge in [0.15, 0.2) is 0 Å². The Balaban J connectivity index is 2.03. The molecule has 1 unspecified atom stereocenters. The van der Waals surface area contributed by atoms with Crippen LogP contribution in [0.2, 0.25) is 0 Å². The second kappa shape index (κ2) is 3.54. The fourth-order valence-corrected chi connectivity index (χ4v) is 1.62. The summed E-state index contributed by atoms with van der Waals surface area (Å²) in [5.41, 5.74) is 0. The van der Waals surface area contributed by atoms with E-state index in [2.05, 4.69) is 10.2 Å². The molecule has 0 N–H and O–H groups in total. The maximum absolute atomic E-state index is 12.6. The fraction of sp³-hybridized carbons (Fsp3) is 0.800. The van der Waals surface area contributed by atoms with E-state index in [9.17, 15) is 8.78 Å². The second-order valence-corrected chi connectivity index (χ2v) is 4.25. The van der Waals surface area contributed by atoms with Gasteiger partial charge in [-0.3, -0.25) is 0 Å². The number of halogens is 2. The normalized spacial score (nSPS) is 22.4. The van der Waals surface area contributed by atoms with Gasteiger partial charge in [-0.05, 0) is 6.42 Å². The highest BCUT2D eigenvalue weighted by molar-refractivity contribution is 5.04. The lowest BCUT2D eigenvalue weighted by Gasteiger charge is -2.32. The standard InChI is InChI=1S/C10H14F2N2O/c1-3-6(2)8-13-14-9(15-8)7-4-10(11,12)5-7/h6-7H,3-5H2,1-2H3. The SMILES string of the molecule is CCC(C)c1nnc(C2CC(F)(F)C2)o1. The van der Waals surface area contributed by atoms with Gasteiger partial charge in [0.25, 0.3) is 0 Å². The lowest BCUT2D eigenvalue weighted by Crippen LogP contribution is -2.33. The van der Waals surface area contributed by atoms with Crippen molar-refractivity contribution in [1.29, 1.82) is 0 Å². The van der Waals surface area contributed by atoms with Crippen molar-refractivity contribution in [3.63, 3.8) is 0 Å². The van der Waals surface area contributed by atoms with Gasteiger partial charge in [-0.1, -0.05) is 13.8 Å². The molecule has 0 aliphatic heterocycles. The zero-order chi connectivity index (χ0) is 11.1. The highest BCUT2D eigenvalue weighted by Gasteiger charge is 2.48. The molecule has 1 saturated carbocycles. The zero-order valence-electron chi connectivity index (χ0n) is 8.83. The van der Waals surface area contributed by atoms with E-state index >= 15 is 0 Å². The van der Waals surface area contributed by atoms with Crippen LogP contribution in [0.15, 0.2) is 4.42 Å². The summed E-state index contributed by atoms with van der Waals surface area (Å²) in [4.78, 5) is 0. The van der Waals surface area contributed by atoms with Crippen LogP contribution in [0.4, 0.5) is 8.78 Å². The first-order valence-electron chi connectivity index (χ1n) is 5.23. The maximum Gasteiger partial charge on any atom is 0.249 e. The molecular formula is C10H14F2N2O. The van der Waals surface area contributed by atoms with Crippen molar-refractivity contribution in [3.05, 3.63) is 11.8 Å². The van der Waals surface area contributed by atoms with Gasteiger partial charge in [0.05, 0.1) is 0 Å². The van der Waals surface area contributed by atoms with Crippen molar-refractivity contribution in [1.82, 2.24) is 10.2 Å². The molecule has 5 heteroatoms. The van der Waals surface area contributed by atoms with E-state index in [1.54, 1.807) is 0 Å². The van der Waals surface area contributed by atoms with Crippen molar-refractivity contribution in [2.24, 2.45) is 0 Å². The molecule has 0 radical (unpaired) electrons. The number of rotatable bonds is 3. The van der Waals surface area contributed by atoms with E-state index in [0.29, 0.717) is 11.8 Å². The Labute approximate surface area is 86.9 Å². The Kier molecular flexibility index (Phi) is 2.48. The van der Waals surface area contributed by atoms with Gasteiger partial charge < -0.3 is 4.42 Å². The zero-order valence-corrected chi connectivity index (χ0v) is 8.83. The number of aromatic nitrogens is 2. The highest BCUT2D eigenvalue weighted by Crippen LogP contribution is 2.47. The average molecular weight is 216 g/mol. The molecule has 0 saturated heterocycles. The molecule has 3 nitrogen and oxygen atoms in total. The summed E-state index contributed by atoms with van der Waals surface area (Å²) < 4.78 is 30.6. The van der Waals surface area contributed by atoms with E-state index in [1.807, 2.05) is 13.8 Å². The number of alkyl halides is 2. The molecule has 1 aromatic heterocycles. The van der Waals surface area contributed by atoms with Crippen molar-refractivity contribution in [2.75, 3.05) is 0 Å². The molecular weight excluding hydrogens is 202 g/mol. The van der Waals surface area contributed by atoms with Crippen LogP contribution in [0.25, 0.3) is 0 Å². The van der Waals surface area contributed by atoms with E-state index in [1.165, 1.54) is 0 Å². The van der Waals surface area contributed by atoms with E-state index < -0.39 is 5.92 Å². The smallest absolute Gasteiger partial charge is 0.249 e. The first-order valence-corrected chi connectivity index (χ1v) is 5.23. The summed E-state index contributed by atoms with van der Waals surface area (Å²) in [5, 5.41) is 7.70. The van der Waals surface area contributed by atoms with Crippen molar-refractivity contribution >= 4 is 0 Å². The number of hydrogen-bond donors (Lipinski definition) is 0. The van der Waals surface area contributed by atoms with Crippen LogP contribution in [0, 0.1) is 0 Å². The van der Waals surface area contributed by atoms with Gasteiger partial charge in [-0.25, -0.2) is 8.78 Å². The molecule has 84 valence electrons. The molecule has 1 aromatic rings. The Morgan fingerprint density at radius 1 is 1.47 bits per heavy atom. The quantitative estimate of drug-likeness (QED) is 0.779. The van der Waals surface area contributed by atoms with Gasteiger partial charge in [-0.15, -0.1) is 10.2 Å². The molecule has 0 amide bonds. The van der Waals surface area contributed by atoms with Crippen LogP contribution in [0.3, 0.4) is 0 Å². The van der Waals surface area contributed by atoms with Crippen molar-refractivity contribution in [3.8, 4) is 0 Å². The largest absolute Gasteiger partial charge is 0.425 e. The van der Waals surface area contributed by atoms with Crippen LogP contribution in [-0.2, 0) is 0 Å². The first-order chi connectivity index (χ1) is 7.02. The molecule has 1 atom stereocenters. The first kappa shape index (κ1) is 10.5. The molecule has 0 bridgehead atoms. The summed E-state index contributed by atoms with van der Waals surface area (Å²) in [6.07, 6.45) is 0.590. The Bertz CT molecular complexity index is 343. The second-order valence-electron chi connectivity index (χ2n) is 4.25. The van der Waals surface area contributed by atoms with E-state index in [-0.39, 0.29) is 24.7 Å². The third-order valence-electron chi connectivity index (χ3n) is 2.93. The molecule has 1 heterocycles. The van der Waals surface area contributed by atoms with Crippen molar-refractivity contribution in [2.45, 2.75) is 50.9 Å². The van der Waals surface area contributed by atoms with Crippen LogP contribution < -0.4 is 0 Å². The summed E-state index contributed by atoms with van der Waals surface area (Å²) in [5.74, 6) is -1.65. The monoisotopic (exact) mass is 216 g/mol. The molecule has 0 spiro atoms. The summed E-state index contributed by atoms with van der Waals surface area (Å²) >= 11 is 0. The van der Waals surface area contributed by atoms with Gasteiger partial charge in [0.1, 0.15) is 0 Å². The number of nitrogens with zero attached hydrogens (tertiary/aromatic N) is 2. The molecule has 2 rings (SSSR count). The molecule has 1 aliphatic rings. The topological polar surface area (TPSA) is 38.9 Å². The van der Waals surface area contributed by atoms with E-state index in [4.69, 9.17) is 4.42 Å². The van der Waals surface area contributed by atoms with Crippen LogP contribution >= 0.6 is 0 Å². The third-order valence-corrected chi connectivity index (χ3v) is 2.93. The van der Waals surface area contributed by atoms with Gasteiger partial charge in [0.2, 0.25) is 17.7 Å². The Morgan fingerprint density at radius 2 is 2.13 bits per heavy atom. The minimum absolute atomic E-state index is 0.158. The van der Waals surface area contributed by atoms with Crippen LogP contribution in [0.1, 0.15) is 56.7 Å². The summed E-state index contributed by atoms with van der Waals surface area (Å²) in [7, 11) is 0. The lowest BCUT2D eigenvalue weighted by molar-refractivity contribution is -0.0919. The minimum atomic E-state index is -2.53. The van der Waals surface area contributed by atoms with Crippen molar-refractivity contribution < 1.29 is 13.2 Å². The van der Waals surface area contributed by atoms with Crippen LogP contribution in [-0.4, -0.2) is 16.1 Å². The lowest BCUT2D eigenvalue weighted by atomic mass is 9.81. The van der Waals surface area contributed by atoms with Gasteiger partial charge in [-0.2, -0.15) is 0 Å². The molecule has 1 aliphatic carbocycles. The van der Waals surface area contributed by atoms with E-state index in [0.717, 1.165) is 6.42 Å². The highest BCUT2D eigenvalue weighted by atomic mass is 19.3. The third kappa shape index (κ3) is 2.01. The number of hydrogen-bond acceptors (Lipinski definition) is 3. The van der Waals surface area contributed by atoms with Crippen LogP contribution in [0.5, 0.6) is 0 Å². The fourth-order valence-electron chi connectivity index (χ4n) is 1.62. The molecule has 0 aromatic carbocycles. The maximum atomic E-state index is 12.6. The predicted molar refractivity (Wildman–Crippen MR) is 49.9 cm³/mol. The Morgan fingerprint density at radius 3 is 2.67 bits per heavy atom. The summed E-state index contributed by atoms with van der Waals surface area (Å²) in [6, 6.07) is 0.